The third-order valence-electron chi connectivity index (χ3n) is 2.57. The highest BCUT2D eigenvalue weighted by Gasteiger charge is 2.10. The molecule has 0 fully saturated rings. The fourth-order valence-electron chi connectivity index (χ4n) is 1.70. The summed E-state index contributed by atoms with van der Waals surface area (Å²) in [6.45, 7) is 7.46. The van der Waals surface area contributed by atoms with Crippen molar-refractivity contribution in [1.82, 2.24) is 20.2 Å². The molecular weight excluding hydrogens is 254 g/mol. The normalized spacial score (nSPS) is 10.9. The largest absolute Gasteiger partial charge is 0.352 e. The molecule has 112 valence electrons. The number of aromatic nitrogens is 2. The molecule has 6 heteroatoms. The molecule has 0 radical (unpaired) electrons. The predicted octanol–water partition coefficient (Wildman–Crippen LogP) is 1.29. The number of carbonyl (C=O) groups excluding carboxylic acids is 1. The van der Waals surface area contributed by atoms with Crippen molar-refractivity contribution in [1.29, 1.82) is 0 Å². The molecule has 0 bridgehead atoms. The monoisotopic (exact) mass is 279 g/mol. The highest BCUT2D eigenvalue weighted by Crippen LogP contribution is 2.06. The fraction of sp³-hybridized carbons (Fsp3) is 0.643. The van der Waals surface area contributed by atoms with Crippen molar-refractivity contribution in [3.63, 3.8) is 0 Å². The Morgan fingerprint density at radius 1 is 1.35 bits per heavy atom. The van der Waals surface area contributed by atoms with Gasteiger partial charge in [-0.15, -0.1) is 0 Å². The first-order valence-corrected chi connectivity index (χ1v) is 6.93. The molecule has 0 aliphatic rings. The second-order valence-corrected chi connectivity index (χ2v) is 5.43. The maximum Gasteiger partial charge on any atom is 0.270 e. The van der Waals surface area contributed by atoms with Gasteiger partial charge in [0, 0.05) is 18.3 Å². The molecule has 0 saturated heterocycles. The van der Waals surface area contributed by atoms with Gasteiger partial charge in [0.2, 0.25) is 5.95 Å². The fourth-order valence-corrected chi connectivity index (χ4v) is 1.70. The number of nitrogens with zero attached hydrogens (tertiary/aromatic N) is 3. The van der Waals surface area contributed by atoms with Crippen molar-refractivity contribution >= 4 is 11.9 Å². The van der Waals surface area contributed by atoms with E-state index in [0.717, 1.165) is 18.7 Å². The van der Waals surface area contributed by atoms with Gasteiger partial charge in [-0.2, -0.15) is 0 Å². The van der Waals surface area contributed by atoms with Crippen LogP contribution in [0.1, 0.15) is 36.5 Å². The van der Waals surface area contributed by atoms with Crippen molar-refractivity contribution in [2.45, 2.75) is 33.2 Å². The van der Waals surface area contributed by atoms with Gasteiger partial charge < -0.3 is 15.5 Å². The Kier molecular flexibility index (Phi) is 6.38. The SMILES string of the molecule is Cc1cc(C(=O)NCCCN(C)C)nc(NC(C)C)n1. The quantitative estimate of drug-likeness (QED) is 0.736. The van der Waals surface area contributed by atoms with Gasteiger partial charge in [0.1, 0.15) is 5.69 Å². The van der Waals surface area contributed by atoms with E-state index in [0.29, 0.717) is 18.2 Å². The van der Waals surface area contributed by atoms with Crippen LogP contribution >= 0.6 is 0 Å². The second-order valence-electron chi connectivity index (χ2n) is 5.43. The van der Waals surface area contributed by atoms with Crippen LogP contribution in [0.15, 0.2) is 6.07 Å². The molecule has 20 heavy (non-hydrogen) atoms. The van der Waals surface area contributed by atoms with E-state index in [4.69, 9.17) is 0 Å². The molecule has 0 aromatic carbocycles. The maximum atomic E-state index is 12.0. The smallest absolute Gasteiger partial charge is 0.270 e. The molecule has 2 N–H and O–H groups in total. The van der Waals surface area contributed by atoms with Crippen molar-refractivity contribution in [2.75, 3.05) is 32.5 Å². The highest BCUT2D eigenvalue weighted by atomic mass is 16.1. The van der Waals surface area contributed by atoms with Gasteiger partial charge in [0.15, 0.2) is 0 Å². The van der Waals surface area contributed by atoms with Crippen molar-refractivity contribution < 1.29 is 4.79 Å². The van der Waals surface area contributed by atoms with Crippen LogP contribution in [0.3, 0.4) is 0 Å². The summed E-state index contributed by atoms with van der Waals surface area (Å²) in [5.74, 6) is 0.347. The Morgan fingerprint density at radius 2 is 2.05 bits per heavy atom. The molecule has 1 amide bonds. The van der Waals surface area contributed by atoms with Gasteiger partial charge in [-0.25, -0.2) is 9.97 Å². The average Bonchev–Trinajstić information content (AvgIpc) is 2.32. The summed E-state index contributed by atoms with van der Waals surface area (Å²) in [6.07, 6.45) is 0.917. The first-order valence-electron chi connectivity index (χ1n) is 6.93. The number of hydrogen-bond acceptors (Lipinski definition) is 5. The van der Waals surface area contributed by atoms with Crippen LogP contribution in [-0.4, -0.2) is 54.0 Å². The number of rotatable bonds is 7. The first-order chi connectivity index (χ1) is 9.38. The van der Waals surface area contributed by atoms with Gasteiger partial charge in [0.05, 0.1) is 0 Å². The zero-order chi connectivity index (χ0) is 15.1. The summed E-state index contributed by atoms with van der Waals surface area (Å²) >= 11 is 0. The standard InChI is InChI=1S/C14H25N5O/c1-10(2)16-14-17-11(3)9-12(18-14)13(20)15-7-6-8-19(4)5/h9-10H,6-8H2,1-5H3,(H,15,20)(H,16,17,18). The van der Waals surface area contributed by atoms with Crippen LogP contribution in [0.25, 0.3) is 0 Å². The average molecular weight is 279 g/mol. The number of anilines is 1. The molecular formula is C14H25N5O. The van der Waals surface area contributed by atoms with E-state index in [1.165, 1.54) is 0 Å². The van der Waals surface area contributed by atoms with E-state index in [9.17, 15) is 4.79 Å². The van der Waals surface area contributed by atoms with Gasteiger partial charge in [-0.3, -0.25) is 4.79 Å². The summed E-state index contributed by atoms with van der Waals surface area (Å²) in [7, 11) is 4.03. The lowest BCUT2D eigenvalue weighted by atomic mass is 10.3. The Labute approximate surface area is 121 Å². The second kappa shape index (κ2) is 7.79. The summed E-state index contributed by atoms with van der Waals surface area (Å²) in [5, 5.41) is 5.99. The molecule has 0 unspecified atom stereocenters. The lowest BCUT2D eigenvalue weighted by molar-refractivity contribution is 0.0947. The van der Waals surface area contributed by atoms with E-state index >= 15 is 0 Å². The lowest BCUT2D eigenvalue weighted by Crippen LogP contribution is -2.28. The minimum Gasteiger partial charge on any atom is -0.352 e. The number of hydrogen-bond donors (Lipinski definition) is 2. The van der Waals surface area contributed by atoms with Gasteiger partial charge in [-0.05, 0) is 53.9 Å². The Bertz CT molecular complexity index is 445. The minimum absolute atomic E-state index is 0.152. The summed E-state index contributed by atoms with van der Waals surface area (Å²) in [5.41, 5.74) is 1.19. The molecule has 0 atom stereocenters. The van der Waals surface area contributed by atoms with Crippen molar-refractivity contribution in [3.05, 3.63) is 17.5 Å². The molecule has 1 rings (SSSR count). The molecule has 0 saturated carbocycles. The van der Waals surface area contributed by atoms with E-state index in [1.54, 1.807) is 6.07 Å². The van der Waals surface area contributed by atoms with E-state index in [-0.39, 0.29) is 11.9 Å². The molecule has 6 nitrogen and oxygen atoms in total. The molecule has 1 aromatic heterocycles. The van der Waals surface area contributed by atoms with Crippen LogP contribution in [0.4, 0.5) is 5.95 Å². The van der Waals surface area contributed by atoms with Gasteiger partial charge in [-0.1, -0.05) is 0 Å². The lowest BCUT2D eigenvalue weighted by Gasteiger charge is -2.11. The van der Waals surface area contributed by atoms with Crippen LogP contribution < -0.4 is 10.6 Å². The maximum absolute atomic E-state index is 12.0. The Hall–Kier alpha value is -1.69. The number of amides is 1. The van der Waals surface area contributed by atoms with Crippen LogP contribution in [0.2, 0.25) is 0 Å². The predicted molar refractivity (Wildman–Crippen MR) is 81.0 cm³/mol. The summed E-state index contributed by atoms with van der Waals surface area (Å²) < 4.78 is 0. The third-order valence-corrected chi connectivity index (χ3v) is 2.57. The third kappa shape index (κ3) is 5.97. The van der Waals surface area contributed by atoms with Crippen molar-refractivity contribution in [2.24, 2.45) is 0 Å². The topological polar surface area (TPSA) is 70.2 Å². The highest BCUT2D eigenvalue weighted by molar-refractivity contribution is 5.92. The molecule has 0 aliphatic heterocycles. The summed E-state index contributed by atoms with van der Waals surface area (Å²) in [6, 6.07) is 1.93. The molecule has 0 spiro atoms. The van der Waals surface area contributed by atoms with Crippen LogP contribution in [0.5, 0.6) is 0 Å². The Morgan fingerprint density at radius 3 is 2.65 bits per heavy atom. The van der Waals surface area contributed by atoms with Crippen LogP contribution in [0, 0.1) is 6.92 Å². The van der Waals surface area contributed by atoms with Crippen LogP contribution in [-0.2, 0) is 0 Å². The molecule has 0 aliphatic carbocycles. The zero-order valence-electron chi connectivity index (χ0n) is 13.0. The minimum atomic E-state index is -0.152. The number of carbonyl (C=O) groups is 1. The molecule has 1 heterocycles. The zero-order valence-corrected chi connectivity index (χ0v) is 13.0. The van der Waals surface area contributed by atoms with E-state index < -0.39 is 0 Å². The summed E-state index contributed by atoms with van der Waals surface area (Å²) in [4.78, 5) is 22.6. The van der Waals surface area contributed by atoms with E-state index in [1.807, 2.05) is 34.9 Å². The Balaban J connectivity index is 2.60. The van der Waals surface area contributed by atoms with Crippen molar-refractivity contribution in [3.8, 4) is 0 Å². The van der Waals surface area contributed by atoms with E-state index in [2.05, 4.69) is 25.5 Å². The first kappa shape index (κ1) is 16.4. The number of nitrogens with one attached hydrogen (secondary N) is 2. The van der Waals surface area contributed by atoms with Gasteiger partial charge >= 0.3 is 0 Å². The molecule has 1 aromatic rings. The van der Waals surface area contributed by atoms with Gasteiger partial charge in [0.25, 0.3) is 5.91 Å². The number of aryl methyl sites for hydroxylation is 1.